The van der Waals surface area contributed by atoms with Crippen LogP contribution in [0.1, 0.15) is 27.2 Å². The van der Waals surface area contributed by atoms with Crippen molar-refractivity contribution in [3.05, 3.63) is 11.8 Å². The van der Waals surface area contributed by atoms with Crippen LogP contribution in [0.4, 0.5) is 0 Å². The molecule has 0 fully saturated rings. The normalized spacial score (nSPS) is 11.3. The molecule has 88 valence electrons. The van der Waals surface area contributed by atoms with Gasteiger partial charge in [-0.15, -0.1) is 0 Å². The molecule has 0 aliphatic heterocycles. The van der Waals surface area contributed by atoms with Crippen LogP contribution in [0.5, 0.6) is 0 Å². The van der Waals surface area contributed by atoms with E-state index in [1.807, 2.05) is 13.8 Å². The molecule has 0 spiro atoms. The van der Waals surface area contributed by atoms with Gasteiger partial charge in [-0.05, 0) is 20.8 Å². The van der Waals surface area contributed by atoms with Crippen molar-refractivity contribution in [1.82, 2.24) is 0 Å². The van der Waals surface area contributed by atoms with Crippen LogP contribution in [0.15, 0.2) is 11.8 Å². The average molecular weight is 216 g/mol. The highest BCUT2D eigenvalue weighted by Gasteiger charge is 2.05. The van der Waals surface area contributed by atoms with Crippen molar-refractivity contribution in [3.8, 4) is 0 Å². The van der Waals surface area contributed by atoms with Crippen LogP contribution >= 0.6 is 0 Å². The Morgan fingerprint density at radius 1 is 1.20 bits per heavy atom. The smallest absolute Gasteiger partial charge is 0.336 e. The second-order valence-electron chi connectivity index (χ2n) is 2.94. The van der Waals surface area contributed by atoms with Crippen LogP contribution in [0.25, 0.3) is 0 Å². The molecule has 0 aromatic carbocycles. The first-order chi connectivity index (χ1) is 7.22. The molecule has 0 amide bonds. The number of carbonyl (C=O) groups is 1. The van der Waals surface area contributed by atoms with Gasteiger partial charge in [0.15, 0.2) is 0 Å². The number of esters is 1. The molecule has 0 aromatic rings. The molecule has 0 aromatic heterocycles. The lowest BCUT2D eigenvalue weighted by atomic mass is 10.3. The molecule has 0 aliphatic rings. The fourth-order valence-corrected chi connectivity index (χ4v) is 0.840. The van der Waals surface area contributed by atoms with Crippen LogP contribution in [0.2, 0.25) is 0 Å². The Kier molecular flexibility index (Phi) is 8.87. The number of rotatable bonds is 8. The summed E-state index contributed by atoms with van der Waals surface area (Å²) >= 11 is 0. The molecule has 0 unspecified atom stereocenters. The largest absolute Gasteiger partial charge is 0.501 e. The second-order valence-corrected chi connectivity index (χ2v) is 2.94. The van der Waals surface area contributed by atoms with Crippen molar-refractivity contribution < 1.29 is 19.0 Å². The summed E-state index contributed by atoms with van der Waals surface area (Å²) in [6, 6.07) is 0. The summed E-state index contributed by atoms with van der Waals surface area (Å²) in [6.45, 7) is 7.71. The first-order valence-electron chi connectivity index (χ1n) is 5.25. The highest BCUT2D eigenvalue weighted by molar-refractivity contribution is 5.87. The average Bonchev–Trinajstić information content (AvgIpc) is 2.25. The standard InChI is InChI=1S/C11H20O4/c1-4-13-7-6-8-15-11(12)10(3)9-14-5-2/h9H,4-8H2,1-3H3. The molecule has 0 N–H and O–H groups in total. The van der Waals surface area contributed by atoms with E-state index in [1.165, 1.54) is 6.26 Å². The molecule has 0 atom stereocenters. The van der Waals surface area contributed by atoms with Gasteiger partial charge in [-0.3, -0.25) is 0 Å². The van der Waals surface area contributed by atoms with Crippen LogP contribution < -0.4 is 0 Å². The first kappa shape index (κ1) is 14.0. The molecule has 4 heteroatoms. The topological polar surface area (TPSA) is 44.8 Å². The minimum absolute atomic E-state index is 0.333. The summed E-state index contributed by atoms with van der Waals surface area (Å²) in [5.41, 5.74) is 0.480. The summed E-state index contributed by atoms with van der Waals surface area (Å²) in [7, 11) is 0. The summed E-state index contributed by atoms with van der Waals surface area (Å²) in [5, 5.41) is 0. The third kappa shape index (κ3) is 8.00. The molecular weight excluding hydrogens is 196 g/mol. The Morgan fingerprint density at radius 2 is 1.93 bits per heavy atom. The second kappa shape index (κ2) is 9.52. The van der Waals surface area contributed by atoms with Gasteiger partial charge in [0.05, 0.1) is 25.0 Å². The maximum atomic E-state index is 11.3. The van der Waals surface area contributed by atoms with Crippen molar-refractivity contribution in [2.45, 2.75) is 27.2 Å². The van der Waals surface area contributed by atoms with Gasteiger partial charge in [-0.25, -0.2) is 4.79 Å². The maximum absolute atomic E-state index is 11.3. The third-order valence-corrected chi connectivity index (χ3v) is 1.62. The first-order valence-corrected chi connectivity index (χ1v) is 5.25. The van der Waals surface area contributed by atoms with Crippen molar-refractivity contribution in [3.63, 3.8) is 0 Å². The Bertz CT molecular complexity index is 199. The molecule has 0 saturated heterocycles. The number of hydrogen-bond donors (Lipinski definition) is 0. The van der Waals surface area contributed by atoms with E-state index in [1.54, 1.807) is 6.92 Å². The molecule has 15 heavy (non-hydrogen) atoms. The molecule has 0 rings (SSSR count). The van der Waals surface area contributed by atoms with Gasteiger partial charge >= 0.3 is 5.97 Å². The Morgan fingerprint density at radius 3 is 2.53 bits per heavy atom. The van der Waals surface area contributed by atoms with Crippen molar-refractivity contribution in [2.75, 3.05) is 26.4 Å². The molecule has 0 saturated carbocycles. The zero-order valence-electron chi connectivity index (χ0n) is 9.75. The van der Waals surface area contributed by atoms with E-state index in [4.69, 9.17) is 14.2 Å². The van der Waals surface area contributed by atoms with Crippen molar-refractivity contribution >= 4 is 5.97 Å². The maximum Gasteiger partial charge on any atom is 0.336 e. The Labute approximate surface area is 91.2 Å². The minimum Gasteiger partial charge on any atom is -0.501 e. The van der Waals surface area contributed by atoms with Gasteiger partial charge in [0, 0.05) is 19.6 Å². The molecule has 0 bridgehead atoms. The van der Waals surface area contributed by atoms with Gasteiger partial charge in [0.25, 0.3) is 0 Å². The van der Waals surface area contributed by atoms with E-state index < -0.39 is 0 Å². The third-order valence-electron chi connectivity index (χ3n) is 1.62. The van der Waals surface area contributed by atoms with E-state index in [9.17, 15) is 4.79 Å². The van der Waals surface area contributed by atoms with Gasteiger partial charge in [0.2, 0.25) is 0 Å². The fraction of sp³-hybridized carbons (Fsp3) is 0.727. The summed E-state index contributed by atoms with van der Waals surface area (Å²) in [6.07, 6.45) is 2.15. The quantitative estimate of drug-likeness (QED) is 0.269. The molecule has 0 radical (unpaired) electrons. The van der Waals surface area contributed by atoms with E-state index in [0.717, 1.165) is 6.42 Å². The highest BCUT2D eigenvalue weighted by Crippen LogP contribution is 1.98. The lowest BCUT2D eigenvalue weighted by Gasteiger charge is -2.05. The van der Waals surface area contributed by atoms with E-state index in [2.05, 4.69) is 0 Å². The summed E-state index contributed by atoms with van der Waals surface area (Å²) in [4.78, 5) is 11.3. The van der Waals surface area contributed by atoms with Gasteiger partial charge in [-0.2, -0.15) is 0 Å². The number of ether oxygens (including phenoxy) is 3. The summed E-state index contributed by atoms with van der Waals surface area (Å²) in [5.74, 6) is -0.333. The zero-order chi connectivity index (χ0) is 11.5. The minimum atomic E-state index is -0.333. The Hall–Kier alpha value is -1.03. The monoisotopic (exact) mass is 216 g/mol. The van der Waals surface area contributed by atoms with E-state index in [-0.39, 0.29) is 5.97 Å². The van der Waals surface area contributed by atoms with Crippen LogP contribution in [-0.4, -0.2) is 32.4 Å². The Balaban J connectivity index is 3.55. The fourth-order valence-electron chi connectivity index (χ4n) is 0.840. The van der Waals surface area contributed by atoms with Crippen LogP contribution in [-0.2, 0) is 19.0 Å². The number of carbonyl (C=O) groups excluding carboxylic acids is 1. The molecule has 0 aliphatic carbocycles. The van der Waals surface area contributed by atoms with E-state index in [0.29, 0.717) is 32.0 Å². The molecule has 0 heterocycles. The lowest BCUT2D eigenvalue weighted by molar-refractivity contribution is -0.139. The van der Waals surface area contributed by atoms with E-state index >= 15 is 0 Å². The predicted octanol–water partition coefficient (Wildman–Crippen LogP) is 1.90. The van der Waals surface area contributed by atoms with Crippen molar-refractivity contribution in [2.24, 2.45) is 0 Å². The molecular formula is C11H20O4. The SMILES string of the molecule is CCOC=C(C)C(=O)OCCCOCC. The number of hydrogen-bond acceptors (Lipinski definition) is 4. The van der Waals surface area contributed by atoms with Gasteiger partial charge in [-0.1, -0.05) is 0 Å². The lowest BCUT2D eigenvalue weighted by Crippen LogP contribution is -2.09. The molecule has 4 nitrogen and oxygen atoms in total. The van der Waals surface area contributed by atoms with Crippen LogP contribution in [0.3, 0.4) is 0 Å². The predicted molar refractivity (Wildman–Crippen MR) is 57.5 cm³/mol. The summed E-state index contributed by atoms with van der Waals surface area (Å²) < 4.78 is 15.1. The van der Waals surface area contributed by atoms with Crippen molar-refractivity contribution in [1.29, 1.82) is 0 Å². The zero-order valence-corrected chi connectivity index (χ0v) is 9.75. The van der Waals surface area contributed by atoms with Gasteiger partial charge in [0.1, 0.15) is 0 Å². The highest BCUT2D eigenvalue weighted by atomic mass is 16.5. The van der Waals surface area contributed by atoms with Gasteiger partial charge < -0.3 is 14.2 Å². The van der Waals surface area contributed by atoms with Crippen LogP contribution in [0, 0.1) is 0 Å².